The van der Waals surface area contributed by atoms with E-state index in [1.807, 2.05) is 6.92 Å². The van der Waals surface area contributed by atoms with E-state index in [0.29, 0.717) is 6.54 Å². The van der Waals surface area contributed by atoms with Gasteiger partial charge in [-0.15, -0.1) is 0 Å². The van der Waals surface area contributed by atoms with E-state index >= 15 is 0 Å². The van der Waals surface area contributed by atoms with E-state index in [4.69, 9.17) is 0 Å². The van der Waals surface area contributed by atoms with Gasteiger partial charge in [0.25, 0.3) is 0 Å². The number of benzene rings is 1. The molecular weight excluding hydrogens is 295 g/mol. The van der Waals surface area contributed by atoms with Gasteiger partial charge in [0.1, 0.15) is 0 Å². The number of H-pyrrole nitrogens is 1. The maximum Gasteiger partial charge on any atom is 0.418 e. The third-order valence-electron chi connectivity index (χ3n) is 4.40. The molecule has 1 aromatic carbocycles. The molecule has 4 nitrogen and oxygen atoms in total. The maximum absolute atomic E-state index is 13.2. The summed E-state index contributed by atoms with van der Waals surface area (Å²) in [5, 5.41) is 0. The molecule has 1 unspecified atom stereocenters. The zero-order chi connectivity index (χ0) is 15.9. The number of aromatic nitrogens is 2. The average Bonchev–Trinajstić information content (AvgIpc) is 3.02. The Bertz CT molecular complexity index is 732. The maximum atomic E-state index is 13.2. The monoisotopic (exact) mass is 313 g/mol. The Hall–Kier alpha value is -1.76. The minimum absolute atomic E-state index is 0.0389. The van der Waals surface area contributed by atoms with E-state index in [-0.39, 0.29) is 17.1 Å². The first-order valence-electron chi connectivity index (χ1n) is 7.44. The Labute approximate surface area is 125 Å². The highest BCUT2D eigenvalue weighted by Gasteiger charge is 2.35. The Morgan fingerprint density at radius 2 is 2.14 bits per heavy atom. The third kappa shape index (κ3) is 2.54. The van der Waals surface area contributed by atoms with E-state index in [1.54, 1.807) is 0 Å². The van der Waals surface area contributed by atoms with Crippen LogP contribution in [0.1, 0.15) is 25.3 Å². The highest BCUT2D eigenvalue weighted by molar-refractivity contribution is 5.79. The number of aromatic amines is 1. The second-order valence-electron chi connectivity index (χ2n) is 5.66. The third-order valence-corrected chi connectivity index (χ3v) is 4.40. The number of para-hydroxylation sites is 1. The van der Waals surface area contributed by atoms with Crippen molar-refractivity contribution in [3.63, 3.8) is 0 Å². The predicted octanol–water partition coefficient (Wildman–Crippen LogP) is 2.83. The van der Waals surface area contributed by atoms with Gasteiger partial charge in [-0.2, -0.15) is 13.2 Å². The van der Waals surface area contributed by atoms with Gasteiger partial charge in [-0.1, -0.05) is 13.0 Å². The number of halogens is 3. The lowest BCUT2D eigenvalue weighted by molar-refractivity contribution is -0.136. The number of likely N-dealkylation sites (N-methyl/N-ethyl adjacent to an activating group) is 1. The zero-order valence-corrected chi connectivity index (χ0v) is 12.3. The van der Waals surface area contributed by atoms with E-state index in [0.717, 1.165) is 32.0 Å². The molecule has 120 valence electrons. The fraction of sp³-hybridized carbons (Fsp3) is 0.533. The molecule has 2 heterocycles. The van der Waals surface area contributed by atoms with Crippen LogP contribution in [-0.4, -0.2) is 33.6 Å². The summed E-state index contributed by atoms with van der Waals surface area (Å²) >= 11 is 0. The summed E-state index contributed by atoms with van der Waals surface area (Å²) in [6.07, 6.45) is -2.56. The van der Waals surface area contributed by atoms with Gasteiger partial charge in [-0.3, -0.25) is 9.47 Å². The summed E-state index contributed by atoms with van der Waals surface area (Å²) < 4.78 is 40.9. The number of fused-ring (bicyclic) bond motifs is 1. The summed E-state index contributed by atoms with van der Waals surface area (Å²) in [5.41, 5.74) is -1.04. The number of nitrogens with zero attached hydrogens (tertiary/aromatic N) is 2. The summed E-state index contributed by atoms with van der Waals surface area (Å²) in [4.78, 5) is 16.9. The van der Waals surface area contributed by atoms with Crippen molar-refractivity contribution in [1.82, 2.24) is 14.5 Å². The first-order valence-corrected chi connectivity index (χ1v) is 7.44. The molecule has 22 heavy (non-hydrogen) atoms. The fourth-order valence-electron chi connectivity index (χ4n) is 3.35. The predicted molar refractivity (Wildman–Crippen MR) is 77.8 cm³/mol. The standard InChI is InChI=1S/C15H18F3N3O/c1-2-20-8-4-5-10(20)9-21-13-11(15(16,17)18)6-3-7-12(13)19-14(21)22/h3,6-7,10H,2,4-5,8-9H2,1H3,(H,19,22). The number of likely N-dealkylation sites (tertiary alicyclic amines) is 1. The molecule has 3 rings (SSSR count). The minimum Gasteiger partial charge on any atom is -0.306 e. The normalized spacial score (nSPS) is 20.1. The average molecular weight is 313 g/mol. The molecule has 1 aliphatic rings. The molecule has 0 spiro atoms. The fourth-order valence-corrected chi connectivity index (χ4v) is 3.35. The van der Waals surface area contributed by atoms with Crippen molar-refractivity contribution in [2.45, 2.75) is 38.5 Å². The zero-order valence-electron chi connectivity index (χ0n) is 12.3. The molecule has 1 aliphatic heterocycles. The van der Waals surface area contributed by atoms with Gasteiger partial charge in [-0.05, 0) is 38.1 Å². The molecule has 7 heteroatoms. The van der Waals surface area contributed by atoms with Gasteiger partial charge in [0.05, 0.1) is 16.6 Å². The SMILES string of the molecule is CCN1CCCC1Cn1c(=O)[nH]c2cccc(C(F)(F)F)c21. The lowest BCUT2D eigenvalue weighted by Crippen LogP contribution is -2.35. The van der Waals surface area contributed by atoms with Crippen LogP contribution in [0.25, 0.3) is 11.0 Å². The quantitative estimate of drug-likeness (QED) is 0.946. The molecule has 0 saturated carbocycles. The van der Waals surface area contributed by atoms with Crippen molar-refractivity contribution in [3.8, 4) is 0 Å². The van der Waals surface area contributed by atoms with Crippen LogP contribution in [0.15, 0.2) is 23.0 Å². The van der Waals surface area contributed by atoms with Gasteiger partial charge in [-0.25, -0.2) is 4.79 Å². The first kappa shape index (κ1) is 15.1. The van der Waals surface area contributed by atoms with E-state index < -0.39 is 17.4 Å². The van der Waals surface area contributed by atoms with Crippen molar-refractivity contribution < 1.29 is 13.2 Å². The summed E-state index contributed by atoms with van der Waals surface area (Å²) in [6.45, 7) is 4.09. The highest BCUT2D eigenvalue weighted by Crippen LogP contribution is 2.34. The molecule has 2 aromatic rings. The Morgan fingerprint density at radius 3 is 2.82 bits per heavy atom. The van der Waals surface area contributed by atoms with Crippen molar-refractivity contribution in [2.75, 3.05) is 13.1 Å². The van der Waals surface area contributed by atoms with Crippen LogP contribution in [0, 0.1) is 0 Å². The summed E-state index contributed by atoms with van der Waals surface area (Å²) in [6, 6.07) is 3.97. The topological polar surface area (TPSA) is 41.0 Å². The second kappa shape index (κ2) is 5.46. The molecule has 0 amide bonds. The van der Waals surface area contributed by atoms with Crippen LogP contribution in [0.3, 0.4) is 0 Å². The van der Waals surface area contributed by atoms with Gasteiger partial charge < -0.3 is 4.98 Å². The molecular formula is C15H18F3N3O. The Balaban J connectivity index is 2.09. The van der Waals surface area contributed by atoms with Crippen LogP contribution in [0.2, 0.25) is 0 Å². The lowest BCUT2D eigenvalue weighted by atomic mass is 10.1. The smallest absolute Gasteiger partial charge is 0.306 e. The van der Waals surface area contributed by atoms with Crippen LogP contribution >= 0.6 is 0 Å². The second-order valence-corrected chi connectivity index (χ2v) is 5.66. The van der Waals surface area contributed by atoms with Crippen LogP contribution in [0.5, 0.6) is 0 Å². The molecule has 1 atom stereocenters. The van der Waals surface area contributed by atoms with Crippen molar-refractivity contribution in [1.29, 1.82) is 0 Å². The minimum atomic E-state index is -4.48. The number of imidazole rings is 1. The lowest BCUT2D eigenvalue weighted by Gasteiger charge is -2.23. The molecule has 0 aliphatic carbocycles. The van der Waals surface area contributed by atoms with Crippen molar-refractivity contribution in [2.24, 2.45) is 0 Å². The molecule has 0 radical (unpaired) electrons. The number of nitrogens with one attached hydrogen (secondary N) is 1. The largest absolute Gasteiger partial charge is 0.418 e. The molecule has 1 fully saturated rings. The van der Waals surface area contributed by atoms with E-state index in [9.17, 15) is 18.0 Å². The van der Waals surface area contributed by atoms with E-state index in [2.05, 4.69) is 9.88 Å². The van der Waals surface area contributed by atoms with Crippen molar-refractivity contribution >= 4 is 11.0 Å². The summed E-state index contributed by atoms with van der Waals surface area (Å²) in [7, 11) is 0. The van der Waals surface area contributed by atoms with Crippen molar-refractivity contribution in [3.05, 3.63) is 34.2 Å². The van der Waals surface area contributed by atoms with Crippen LogP contribution in [-0.2, 0) is 12.7 Å². The van der Waals surface area contributed by atoms with E-state index in [1.165, 1.54) is 16.7 Å². The van der Waals surface area contributed by atoms with Crippen LogP contribution < -0.4 is 5.69 Å². The molecule has 0 bridgehead atoms. The van der Waals surface area contributed by atoms with Gasteiger partial charge in [0.2, 0.25) is 0 Å². The number of rotatable bonds is 3. The first-order chi connectivity index (χ1) is 10.4. The number of alkyl halides is 3. The Kier molecular flexibility index (Phi) is 3.76. The Morgan fingerprint density at radius 1 is 1.36 bits per heavy atom. The summed E-state index contributed by atoms with van der Waals surface area (Å²) in [5.74, 6) is 0. The molecule has 1 N–H and O–H groups in total. The number of hydrogen-bond donors (Lipinski definition) is 1. The number of hydrogen-bond acceptors (Lipinski definition) is 2. The van der Waals surface area contributed by atoms with Gasteiger partial charge >= 0.3 is 11.9 Å². The van der Waals surface area contributed by atoms with Crippen LogP contribution in [0.4, 0.5) is 13.2 Å². The van der Waals surface area contributed by atoms with Gasteiger partial charge in [0, 0.05) is 12.6 Å². The molecule has 1 aromatic heterocycles. The molecule has 1 saturated heterocycles. The van der Waals surface area contributed by atoms with Gasteiger partial charge in [0.15, 0.2) is 0 Å². The highest BCUT2D eigenvalue weighted by atomic mass is 19.4.